The van der Waals surface area contributed by atoms with Crippen molar-refractivity contribution in [3.05, 3.63) is 90.5 Å². The third-order valence-corrected chi connectivity index (χ3v) is 6.21. The molecule has 32 heavy (non-hydrogen) atoms. The topological polar surface area (TPSA) is 88.1 Å². The minimum atomic E-state index is -3.93. The molecule has 0 saturated carbocycles. The lowest BCUT2D eigenvalue weighted by Crippen LogP contribution is -2.39. The molecular weight excluding hydrogens is 426 g/mol. The van der Waals surface area contributed by atoms with Crippen LogP contribution in [0.15, 0.2) is 94.9 Å². The molecule has 8 heteroatoms. The van der Waals surface area contributed by atoms with Gasteiger partial charge in [0.15, 0.2) is 0 Å². The Labute approximate surface area is 188 Å². The summed E-state index contributed by atoms with van der Waals surface area (Å²) in [5.74, 6) is 0.199. The Bertz CT molecular complexity index is 1130. The van der Waals surface area contributed by atoms with Gasteiger partial charge in [0.1, 0.15) is 12.3 Å². The third-order valence-electron chi connectivity index (χ3n) is 4.42. The summed E-state index contributed by atoms with van der Waals surface area (Å²) in [6.45, 7) is 2.27. The number of carbonyl (C=O) groups excluding carboxylic acids is 1. The molecule has 166 valence electrons. The van der Waals surface area contributed by atoms with E-state index in [0.29, 0.717) is 12.3 Å². The number of para-hydroxylation sites is 1. The van der Waals surface area contributed by atoms with Crippen LogP contribution < -0.4 is 14.5 Å². The fraction of sp³-hybridized carbons (Fsp3) is 0.167. The minimum Gasteiger partial charge on any atom is -0.494 e. The van der Waals surface area contributed by atoms with E-state index in [9.17, 15) is 13.2 Å². The molecule has 0 bridgehead atoms. The number of carbonyl (C=O) groups is 1. The number of nitrogens with zero attached hydrogens (tertiary/aromatic N) is 2. The van der Waals surface area contributed by atoms with Crippen LogP contribution in [0.2, 0.25) is 0 Å². The number of hydrazone groups is 1. The second-order valence-corrected chi connectivity index (χ2v) is 8.73. The fourth-order valence-corrected chi connectivity index (χ4v) is 4.29. The number of hydrogen-bond acceptors (Lipinski definition) is 5. The summed E-state index contributed by atoms with van der Waals surface area (Å²) in [6, 6.07) is 23.8. The highest BCUT2D eigenvalue weighted by molar-refractivity contribution is 7.92. The number of hydrogen-bond donors (Lipinski definition) is 1. The number of amides is 1. The number of anilines is 1. The first-order chi connectivity index (χ1) is 15.5. The normalized spacial score (nSPS) is 11.3. The van der Waals surface area contributed by atoms with Crippen molar-refractivity contribution in [2.45, 2.75) is 18.2 Å². The molecule has 0 aliphatic carbocycles. The first-order valence-electron chi connectivity index (χ1n) is 10.2. The van der Waals surface area contributed by atoms with Gasteiger partial charge in [-0.05, 0) is 60.5 Å². The monoisotopic (exact) mass is 451 g/mol. The summed E-state index contributed by atoms with van der Waals surface area (Å²) in [4.78, 5) is 12.6. The van der Waals surface area contributed by atoms with Crippen molar-refractivity contribution in [2.24, 2.45) is 5.10 Å². The van der Waals surface area contributed by atoms with E-state index in [2.05, 4.69) is 10.5 Å². The van der Waals surface area contributed by atoms with Gasteiger partial charge in [-0.2, -0.15) is 5.10 Å². The molecule has 0 aliphatic rings. The van der Waals surface area contributed by atoms with Crippen molar-refractivity contribution >= 4 is 27.8 Å². The molecule has 3 aromatic carbocycles. The molecule has 0 fully saturated rings. The van der Waals surface area contributed by atoms with E-state index in [1.807, 2.05) is 31.2 Å². The SMILES string of the molecule is CCCOc1ccc(C=NNC(=O)CN(c2ccccc2)S(=O)(=O)c2ccccc2)cc1. The van der Waals surface area contributed by atoms with Gasteiger partial charge in [-0.1, -0.05) is 43.3 Å². The van der Waals surface area contributed by atoms with Crippen molar-refractivity contribution in [3.63, 3.8) is 0 Å². The van der Waals surface area contributed by atoms with Crippen LogP contribution in [-0.2, 0) is 14.8 Å². The minimum absolute atomic E-state index is 0.102. The first-order valence-corrected chi connectivity index (χ1v) is 11.6. The lowest BCUT2D eigenvalue weighted by Gasteiger charge is -2.23. The highest BCUT2D eigenvalue weighted by atomic mass is 32.2. The summed E-state index contributed by atoms with van der Waals surface area (Å²) in [5.41, 5.74) is 3.55. The summed E-state index contributed by atoms with van der Waals surface area (Å²) >= 11 is 0. The fourth-order valence-electron chi connectivity index (χ4n) is 2.84. The second-order valence-electron chi connectivity index (χ2n) is 6.87. The van der Waals surface area contributed by atoms with Crippen LogP contribution in [0.5, 0.6) is 5.75 Å². The molecule has 0 atom stereocenters. The zero-order valence-corrected chi connectivity index (χ0v) is 18.5. The van der Waals surface area contributed by atoms with Gasteiger partial charge in [-0.3, -0.25) is 9.10 Å². The van der Waals surface area contributed by atoms with Crippen LogP contribution >= 0.6 is 0 Å². The summed E-state index contributed by atoms with van der Waals surface area (Å²) in [5, 5.41) is 3.95. The Balaban J connectivity index is 1.70. The standard InChI is InChI=1S/C24H25N3O4S/c1-2-17-31-22-15-13-20(14-16-22)18-25-26-24(28)19-27(21-9-5-3-6-10-21)32(29,30)23-11-7-4-8-12-23/h3-16,18H,2,17,19H2,1H3,(H,26,28). The summed E-state index contributed by atoms with van der Waals surface area (Å²) < 4.78 is 32.9. The Kier molecular flexibility index (Phi) is 7.99. The summed E-state index contributed by atoms with van der Waals surface area (Å²) in [7, 11) is -3.93. The first kappa shape index (κ1) is 23.0. The maximum absolute atomic E-state index is 13.2. The van der Waals surface area contributed by atoms with Crippen molar-refractivity contribution in [1.29, 1.82) is 0 Å². The van der Waals surface area contributed by atoms with Crippen LogP contribution in [-0.4, -0.2) is 33.7 Å². The number of ether oxygens (including phenoxy) is 1. The van der Waals surface area contributed by atoms with Gasteiger partial charge in [0.2, 0.25) is 0 Å². The lowest BCUT2D eigenvalue weighted by atomic mass is 10.2. The van der Waals surface area contributed by atoms with Gasteiger partial charge in [0, 0.05) is 0 Å². The Hall–Kier alpha value is -3.65. The average Bonchev–Trinajstić information content (AvgIpc) is 2.83. The average molecular weight is 452 g/mol. The van der Waals surface area contributed by atoms with Gasteiger partial charge in [0.25, 0.3) is 15.9 Å². The van der Waals surface area contributed by atoms with Gasteiger partial charge >= 0.3 is 0 Å². The molecule has 7 nitrogen and oxygen atoms in total. The van der Waals surface area contributed by atoms with Crippen molar-refractivity contribution in [2.75, 3.05) is 17.5 Å². The second kappa shape index (κ2) is 11.1. The van der Waals surface area contributed by atoms with E-state index >= 15 is 0 Å². The van der Waals surface area contributed by atoms with E-state index in [-0.39, 0.29) is 4.90 Å². The molecule has 0 aliphatic heterocycles. The Morgan fingerprint density at radius 1 is 0.969 bits per heavy atom. The molecule has 0 unspecified atom stereocenters. The lowest BCUT2D eigenvalue weighted by molar-refractivity contribution is -0.119. The predicted octanol–water partition coefficient (Wildman–Crippen LogP) is 3.82. The molecule has 0 heterocycles. The van der Waals surface area contributed by atoms with Gasteiger partial charge < -0.3 is 4.74 Å². The number of rotatable bonds is 10. The number of benzene rings is 3. The van der Waals surface area contributed by atoms with Crippen LogP contribution in [0.25, 0.3) is 0 Å². The van der Waals surface area contributed by atoms with Crippen LogP contribution in [0.1, 0.15) is 18.9 Å². The van der Waals surface area contributed by atoms with Crippen molar-refractivity contribution in [3.8, 4) is 5.75 Å². The van der Waals surface area contributed by atoms with E-state index in [0.717, 1.165) is 22.0 Å². The van der Waals surface area contributed by atoms with E-state index in [4.69, 9.17) is 4.74 Å². The number of sulfonamides is 1. The highest BCUT2D eigenvalue weighted by Crippen LogP contribution is 2.23. The van der Waals surface area contributed by atoms with E-state index < -0.39 is 22.5 Å². The maximum atomic E-state index is 13.2. The van der Waals surface area contributed by atoms with Crippen LogP contribution in [0.3, 0.4) is 0 Å². The zero-order valence-electron chi connectivity index (χ0n) is 17.7. The van der Waals surface area contributed by atoms with Gasteiger partial charge in [-0.25, -0.2) is 13.8 Å². The largest absolute Gasteiger partial charge is 0.494 e. The third kappa shape index (κ3) is 6.18. The molecule has 0 saturated heterocycles. The molecule has 0 aromatic heterocycles. The smallest absolute Gasteiger partial charge is 0.264 e. The molecular formula is C24H25N3O4S. The quantitative estimate of drug-likeness (QED) is 0.375. The van der Waals surface area contributed by atoms with Gasteiger partial charge in [0.05, 0.1) is 23.4 Å². The molecule has 0 spiro atoms. The number of nitrogens with one attached hydrogen (secondary N) is 1. The summed E-state index contributed by atoms with van der Waals surface area (Å²) in [6.07, 6.45) is 2.41. The van der Waals surface area contributed by atoms with E-state index in [1.165, 1.54) is 18.3 Å². The molecule has 3 aromatic rings. The van der Waals surface area contributed by atoms with Crippen LogP contribution in [0.4, 0.5) is 5.69 Å². The van der Waals surface area contributed by atoms with Crippen LogP contribution in [0, 0.1) is 0 Å². The molecule has 3 rings (SSSR count). The molecule has 0 radical (unpaired) electrons. The van der Waals surface area contributed by atoms with Gasteiger partial charge in [-0.15, -0.1) is 0 Å². The maximum Gasteiger partial charge on any atom is 0.264 e. The zero-order chi connectivity index (χ0) is 22.8. The molecule has 1 N–H and O–H groups in total. The van der Waals surface area contributed by atoms with Crippen molar-refractivity contribution < 1.29 is 17.9 Å². The Morgan fingerprint density at radius 3 is 2.22 bits per heavy atom. The Morgan fingerprint density at radius 2 is 1.59 bits per heavy atom. The molecule has 1 amide bonds. The van der Waals surface area contributed by atoms with Crippen molar-refractivity contribution in [1.82, 2.24) is 5.43 Å². The van der Waals surface area contributed by atoms with E-state index in [1.54, 1.807) is 48.5 Å². The predicted molar refractivity (Wildman–Crippen MR) is 125 cm³/mol. The highest BCUT2D eigenvalue weighted by Gasteiger charge is 2.26.